The maximum Gasteiger partial charge on any atom is 0.225 e. The van der Waals surface area contributed by atoms with Crippen molar-refractivity contribution >= 4 is 38.6 Å². The molecule has 7 nitrogen and oxygen atoms in total. The molecule has 0 spiro atoms. The fraction of sp³-hybridized carbons (Fsp3) is 0.0870. The average molecular weight is 1320 g/mol. The molecule has 8 heteroatoms. The number of hydrogen-bond donors (Lipinski definition) is 1. The lowest BCUT2D eigenvalue weighted by molar-refractivity contribution is -0.104. The van der Waals surface area contributed by atoms with E-state index in [4.69, 9.17) is 15.7 Å². The molecule has 0 saturated carbocycles. The Labute approximate surface area is 592 Å². The molecule has 0 amide bonds. The fourth-order valence-corrected chi connectivity index (χ4v) is 13.5. The van der Waals surface area contributed by atoms with Crippen LogP contribution in [0.25, 0.3) is 5.70 Å². The van der Waals surface area contributed by atoms with Crippen molar-refractivity contribution in [3.8, 4) is 0 Å². The molecule has 0 fully saturated rings. The Morgan fingerprint density at radius 1 is 0.350 bits per heavy atom. The van der Waals surface area contributed by atoms with Crippen molar-refractivity contribution < 1.29 is 9.59 Å². The second-order valence-corrected chi connectivity index (χ2v) is 25.7. The highest BCUT2D eigenvalue weighted by Gasteiger charge is 2.35. The van der Waals surface area contributed by atoms with Crippen LogP contribution in [0.4, 0.5) is 0 Å². The van der Waals surface area contributed by atoms with Gasteiger partial charge in [0.2, 0.25) is 5.78 Å². The number of nitrogens with two attached hydrogens (primary N) is 1. The lowest BCUT2D eigenvalue weighted by Crippen LogP contribution is -2.21. The quantitative estimate of drug-likeness (QED) is 0.0286. The maximum absolute atomic E-state index is 10.8. The zero-order valence-electron chi connectivity index (χ0n) is 56.6. The van der Waals surface area contributed by atoms with E-state index < -0.39 is 5.78 Å². The van der Waals surface area contributed by atoms with Gasteiger partial charge in [-0.05, 0) is 82.0 Å². The van der Waals surface area contributed by atoms with Crippen LogP contribution in [-0.4, -0.2) is 33.3 Å². The molecule has 0 aromatic heterocycles. The SMILES string of the molecule is Cc1ccc(C(=O)C=O)cc1.Cc1ccc(C(C=NC(c2ccccc2)c2ccccc2)=NC(c2ccccc2)c2ccccc2)cc1.Cc1ccc(C2=CN(C(c3ccccc3)c3ccccc3)PN2C(c2ccccc2)c2ccccc2)cc1.NC(c1ccccc1)c1ccccc1. The first kappa shape index (κ1) is 69.6. The standard InChI is InChI=1S/C35H31N2P.C35H30N2.C13H13N.C9H8O2/c1-27-22-24-28(25-23-27)33-26-36(34(29-14-6-2-7-15-29)30-16-8-3-9-17-30)38-37(33)35(31-18-10-4-11-19-31)32-20-12-5-13-21-32;1-27-22-24-28(25-23-27)33(37-35(31-18-10-4-11-19-31)32-20-12-5-13-21-32)26-36-34(29-14-6-2-7-15-29)30-16-8-3-9-17-30;14-13(11-7-3-1-4-8-11)12-9-5-2-6-10-12;1-7-2-4-8(5-3-7)9(11)6-10/h2-26,34-35,38H,1H3;2-26,34-35H,1H3;1-10,13H,14H2;2-6H,1H3. The molecular formula is C92H82N5O2P. The number of carbonyl (C=O) groups is 2. The van der Waals surface area contributed by atoms with Crippen LogP contribution in [0.5, 0.6) is 0 Å². The van der Waals surface area contributed by atoms with Crippen molar-refractivity contribution in [3.05, 3.63) is 471 Å². The van der Waals surface area contributed by atoms with Crippen LogP contribution < -0.4 is 5.73 Å². The molecule has 100 heavy (non-hydrogen) atoms. The highest BCUT2D eigenvalue weighted by molar-refractivity contribution is 7.33. The zero-order valence-corrected chi connectivity index (χ0v) is 57.6. The minimum atomic E-state index is -0.468. The maximum atomic E-state index is 10.8. The molecule has 1 atom stereocenters. The molecule has 0 radical (unpaired) electrons. The van der Waals surface area contributed by atoms with Crippen LogP contribution >= 0.6 is 8.88 Å². The molecule has 13 aromatic rings. The summed E-state index contributed by atoms with van der Waals surface area (Å²) in [6.07, 6.45) is 4.66. The number of aldehydes is 1. The van der Waals surface area contributed by atoms with Gasteiger partial charge in [-0.25, -0.2) is 0 Å². The predicted octanol–water partition coefficient (Wildman–Crippen LogP) is 21.5. The number of benzene rings is 13. The number of rotatable bonds is 19. The van der Waals surface area contributed by atoms with Gasteiger partial charge in [0.15, 0.2) is 6.29 Å². The molecule has 1 aliphatic heterocycles. The van der Waals surface area contributed by atoms with Crippen molar-refractivity contribution in [2.45, 2.75) is 51.0 Å². The second kappa shape index (κ2) is 36.0. The lowest BCUT2D eigenvalue weighted by Gasteiger charge is -2.35. The van der Waals surface area contributed by atoms with Gasteiger partial charge in [0.25, 0.3) is 0 Å². The first-order valence-electron chi connectivity index (χ1n) is 33.8. The smallest absolute Gasteiger partial charge is 0.225 e. The summed E-state index contributed by atoms with van der Waals surface area (Å²) in [5, 5.41) is 0. The average Bonchev–Trinajstić information content (AvgIpc) is 1.62. The van der Waals surface area contributed by atoms with Crippen LogP contribution in [0, 0.1) is 20.8 Å². The van der Waals surface area contributed by atoms with Crippen molar-refractivity contribution in [2.75, 3.05) is 0 Å². The monoisotopic (exact) mass is 1320 g/mol. The number of ketones is 1. The number of Topliss-reactive ketones (excluding diaryl/α,β-unsaturated/α-hetero) is 1. The fourth-order valence-electron chi connectivity index (χ4n) is 12.0. The molecule has 1 unspecified atom stereocenters. The molecule has 0 aliphatic carbocycles. The molecule has 0 saturated heterocycles. The Morgan fingerprint density at radius 2 is 0.640 bits per heavy atom. The van der Waals surface area contributed by atoms with Gasteiger partial charge >= 0.3 is 0 Å². The van der Waals surface area contributed by atoms with Gasteiger partial charge in [0.1, 0.15) is 6.04 Å². The Bertz CT molecular complexity index is 4470. The van der Waals surface area contributed by atoms with Crippen LogP contribution in [0.1, 0.15) is 124 Å². The van der Waals surface area contributed by atoms with Gasteiger partial charge in [-0.2, -0.15) is 0 Å². The summed E-state index contributed by atoms with van der Waals surface area (Å²) in [5.74, 6) is -0.468. The van der Waals surface area contributed by atoms with E-state index in [-0.39, 0.29) is 30.2 Å². The first-order chi connectivity index (χ1) is 49.2. The summed E-state index contributed by atoms with van der Waals surface area (Å²) in [5.41, 5.74) is 26.6. The topological polar surface area (TPSA) is 91.4 Å². The van der Waals surface area contributed by atoms with Gasteiger partial charge in [0, 0.05) is 23.5 Å². The van der Waals surface area contributed by atoms with E-state index in [0.29, 0.717) is 20.7 Å². The predicted molar refractivity (Wildman–Crippen MR) is 417 cm³/mol. The van der Waals surface area contributed by atoms with E-state index in [2.05, 4.69) is 321 Å². The Kier molecular flexibility index (Phi) is 25.1. The lowest BCUT2D eigenvalue weighted by atomic mass is 9.97. The zero-order chi connectivity index (χ0) is 69.1. The number of nitrogens with zero attached hydrogens (tertiary/aromatic N) is 4. The normalized spacial score (nSPS) is 12.2. The summed E-state index contributed by atoms with van der Waals surface area (Å²) in [6.45, 7) is 6.18. The van der Waals surface area contributed by atoms with Crippen molar-refractivity contribution in [2.24, 2.45) is 15.7 Å². The minimum absolute atomic E-state index is 0.0163. The van der Waals surface area contributed by atoms with E-state index in [1.54, 1.807) is 24.3 Å². The van der Waals surface area contributed by atoms with E-state index in [1.807, 2.05) is 73.8 Å². The molecule has 14 rings (SSSR count). The molecular weight excluding hydrogens is 1240 g/mol. The van der Waals surface area contributed by atoms with Gasteiger partial charge < -0.3 is 15.1 Å². The second-order valence-electron chi connectivity index (χ2n) is 24.5. The summed E-state index contributed by atoms with van der Waals surface area (Å²) >= 11 is 0. The van der Waals surface area contributed by atoms with Crippen LogP contribution in [0.2, 0.25) is 0 Å². The van der Waals surface area contributed by atoms with Gasteiger partial charge in [0.05, 0.1) is 44.5 Å². The Hall–Kier alpha value is -11.7. The first-order valence-corrected chi connectivity index (χ1v) is 34.7. The van der Waals surface area contributed by atoms with Crippen LogP contribution in [-0.2, 0) is 4.79 Å². The third kappa shape index (κ3) is 19.1. The summed E-state index contributed by atoms with van der Waals surface area (Å²) in [7, 11) is 0.431. The highest BCUT2D eigenvalue weighted by atomic mass is 31.1. The van der Waals surface area contributed by atoms with Crippen LogP contribution in [0.3, 0.4) is 0 Å². The van der Waals surface area contributed by atoms with E-state index in [0.717, 1.165) is 50.2 Å². The number of hydrogen-bond acceptors (Lipinski definition) is 7. The number of aliphatic imine (C=N–C) groups is 2. The summed E-state index contributed by atoms with van der Waals surface area (Å²) < 4.78 is 5.12. The van der Waals surface area contributed by atoms with Gasteiger partial charge in [-0.1, -0.05) is 393 Å². The third-order valence-corrected chi connectivity index (χ3v) is 18.6. The Morgan fingerprint density at radius 3 is 0.980 bits per heavy atom. The molecule has 492 valence electrons. The van der Waals surface area contributed by atoms with Crippen molar-refractivity contribution in [3.63, 3.8) is 0 Å². The number of carbonyl (C=O) groups excluding carboxylic acids is 2. The molecule has 13 aromatic carbocycles. The summed E-state index contributed by atoms with van der Waals surface area (Å²) in [4.78, 5) is 31.3. The highest BCUT2D eigenvalue weighted by Crippen LogP contribution is 2.53. The summed E-state index contributed by atoms with van der Waals surface area (Å²) in [6, 6.07) is 130. The molecule has 2 N–H and O–H groups in total. The largest absolute Gasteiger partial charge is 0.329 e. The third-order valence-electron chi connectivity index (χ3n) is 17.3. The minimum Gasteiger partial charge on any atom is -0.329 e. The number of aryl methyl sites for hydroxylation is 3. The molecule has 1 heterocycles. The van der Waals surface area contributed by atoms with E-state index >= 15 is 0 Å². The van der Waals surface area contributed by atoms with Gasteiger partial charge in [-0.3, -0.25) is 19.6 Å². The Balaban J connectivity index is 0.000000151. The molecule has 0 bridgehead atoms. The van der Waals surface area contributed by atoms with Crippen molar-refractivity contribution in [1.29, 1.82) is 0 Å². The van der Waals surface area contributed by atoms with Crippen LogP contribution in [0.15, 0.2) is 392 Å². The van der Waals surface area contributed by atoms with E-state index in [9.17, 15) is 9.59 Å². The van der Waals surface area contributed by atoms with Crippen molar-refractivity contribution in [1.82, 2.24) is 9.34 Å². The van der Waals surface area contributed by atoms with Gasteiger partial charge in [-0.15, -0.1) is 0 Å². The molecule has 1 aliphatic rings. The van der Waals surface area contributed by atoms with E-state index in [1.165, 1.54) is 44.6 Å².